The van der Waals surface area contributed by atoms with Crippen molar-refractivity contribution in [3.05, 3.63) is 0 Å². The smallest absolute Gasteiger partial charge is 0.249 e. The van der Waals surface area contributed by atoms with Crippen LogP contribution in [0.5, 0.6) is 0 Å². The third-order valence-corrected chi connectivity index (χ3v) is 8.21. The molecule has 0 bridgehead atoms. The molecule has 246 valence electrons. The monoisotopic (exact) mass is 608 g/mol. The van der Waals surface area contributed by atoms with E-state index < -0.39 is 78.8 Å². The van der Waals surface area contributed by atoms with Gasteiger partial charge >= 0.3 is 0 Å². The molecule has 1 aliphatic carbocycles. The topological polar surface area (TPSA) is 269 Å². The Balaban J connectivity index is 1.78. The van der Waals surface area contributed by atoms with Crippen molar-refractivity contribution in [2.45, 2.75) is 118 Å². The Kier molecular flexibility index (Phi) is 13.7. The molecule has 1 amide bonds. The zero-order chi connectivity index (χ0) is 31.0. The number of aliphatic hydroxyl groups excluding tert-OH is 4. The zero-order valence-electron chi connectivity index (χ0n) is 24.5. The first-order valence-electron chi connectivity index (χ1n) is 14.8. The summed E-state index contributed by atoms with van der Waals surface area (Å²) in [6, 6.07) is -2.99. The predicted molar refractivity (Wildman–Crippen MR) is 150 cm³/mol. The van der Waals surface area contributed by atoms with E-state index in [1.54, 1.807) is 7.05 Å². The van der Waals surface area contributed by atoms with Crippen LogP contribution in [-0.4, -0.2) is 150 Å². The Bertz CT molecular complexity index is 830. The molecule has 0 radical (unpaired) electrons. The molecule has 42 heavy (non-hydrogen) atoms. The summed E-state index contributed by atoms with van der Waals surface area (Å²) in [7, 11) is 1.58. The lowest BCUT2D eigenvalue weighted by molar-refractivity contribution is -0.307. The molecule has 2 saturated heterocycles. The average molecular weight is 609 g/mol. The van der Waals surface area contributed by atoms with Crippen LogP contribution in [0.4, 0.5) is 0 Å². The Morgan fingerprint density at radius 1 is 1.12 bits per heavy atom. The molecule has 2 heterocycles. The van der Waals surface area contributed by atoms with Crippen molar-refractivity contribution in [3.63, 3.8) is 0 Å². The summed E-state index contributed by atoms with van der Waals surface area (Å²) in [5.74, 6) is -0.683. The number of rotatable bonds is 14. The van der Waals surface area contributed by atoms with E-state index in [2.05, 4.69) is 16.0 Å². The molecule has 3 rings (SSSR count). The molecule has 0 aromatic rings. The Labute approximate surface area is 246 Å². The van der Waals surface area contributed by atoms with E-state index in [9.17, 15) is 25.2 Å². The molecule has 2 aliphatic heterocycles. The van der Waals surface area contributed by atoms with Gasteiger partial charge in [-0.15, -0.1) is 0 Å². The van der Waals surface area contributed by atoms with Gasteiger partial charge in [-0.1, -0.05) is 0 Å². The Hall–Kier alpha value is -1.09. The van der Waals surface area contributed by atoms with E-state index in [1.165, 1.54) is 6.92 Å². The highest BCUT2D eigenvalue weighted by molar-refractivity contribution is 5.80. The van der Waals surface area contributed by atoms with Crippen LogP contribution in [0, 0.1) is 0 Å². The lowest BCUT2D eigenvalue weighted by atomic mass is 9.83. The van der Waals surface area contributed by atoms with Crippen molar-refractivity contribution in [1.82, 2.24) is 16.0 Å². The first-order valence-corrected chi connectivity index (χ1v) is 14.8. The number of hydrogen-bond donors (Lipinski definition) is 11. The fraction of sp³-hybridized carbons (Fsp3) is 0.962. The van der Waals surface area contributed by atoms with Crippen LogP contribution < -0.4 is 33.2 Å². The van der Waals surface area contributed by atoms with Gasteiger partial charge in [-0.05, 0) is 52.6 Å². The maximum absolute atomic E-state index is 12.8. The second kappa shape index (κ2) is 16.3. The van der Waals surface area contributed by atoms with Gasteiger partial charge in [0.1, 0.15) is 36.1 Å². The summed E-state index contributed by atoms with van der Waals surface area (Å²) in [5, 5.41) is 61.2. The Morgan fingerprint density at radius 2 is 1.83 bits per heavy atom. The quantitative estimate of drug-likeness (QED) is 0.0823. The molecule has 13 atom stereocenters. The standard InChI is InChI=1S/C26H52N6O10/c1-26(38)12-39-25(19(36)22(26)30-2)42-21-16(32-23(37)17(34)4-3-7-27)10-15(29)20(18(21)35)41-24-14(28)6-5-13(40-24)11-31-8-9-33/h13-22,24-25,30-31,33-36,38H,3-12,27-29H2,1-2H3,(H,32,37)/t13-,14+,15-,16+,17-,18-,19+,20+,21-,22+,24+,25+,26-/m0/s1. The van der Waals surface area contributed by atoms with Crippen LogP contribution >= 0.6 is 0 Å². The minimum absolute atomic E-state index is 0.00949. The van der Waals surface area contributed by atoms with Gasteiger partial charge in [-0.2, -0.15) is 0 Å². The van der Waals surface area contributed by atoms with Crippen LogP contribution in [0.2, 0.25) is 0 Å². The van der Waals surface area contributed by atoms with Crippen LogP contribution in [0.25, 0.3) is 0 Å². The van der Waals surface area contributed by atoms with Gasteiger partial charge in [0.2, 0.25) is 5.91 Å². The van der Waals surface area contributed by atoms with Crippen molar-refractivity contribution < 1.29 is 49.3 Å². The highest BCUT2D eigenvalue weighted by Gasteiger charge is 2.52. The molecule has 16 nitrogen and oxygen atoms in total. The normalized spacial score (nSPS) is 41.8. The number of nitrogens with two attached hydrogens (primary N) is 3. The first kappa shape index (κ1) is 35.4. The summed E-state index contributed by atoms with van der Waals surface area (Å²) in [6.07, 6.45) is -6.79. The fourth-order valence-electron chi connectivity index (χ4n) is 5.83. The summed E-state index contributed by atoms with van der Waals surface area (Å²) in [6.45, 7) is 2.52. The van der Waals surface area contributed by atoms with E-state index in [-0.39, 0.29) is 32.2 Å². The Morgan fingerprint density at radius 3 is 2.50 bits per heavy atom. The third-order valence-electron chi connectivity index (χ3n) is 8.21. The van der Waals surface area contributed by atoms with E-state index in [0.29, 0.717) is 38.9 Å². The number of nitrogens with one attached hydrogen (secondary N) is 3. The molecule has 16 heteroatoms. The van der Waals surface area contributed by atoms with E-state index >= 15 is 0 Å². The first-order chi connectivity index (χ1) is 19.9. The molecule has 0 aromatic carbocycles. The van der Waals surface area contributed by atoms with Crippen LogP contribution in [0.1, 0.15) is 39.0 Å². The van der Waals surface area contributed by atoms with Gasteiger partial charge in [0.25, 0.3) is 0 Å². The number of ether oxygens (including phenoxy) is 4. The molecule has 14 N–H and O–H groups in total. The van der Waals surface area contributed by atoms with Crippen molar-refractivity contribution in [2.24, 2.45) is 17.2 Å². The summed E-state index contributed by atoms with van der Waals surface area (Å²) >= 11 is 0. The van der Waals surface area contributed by atoms with Crippen molar-refractivity contribution >= 4 is 5.91 Å². The summed E-state index contributed by atoms with van der Waals surface area (Å²) < 4.78 is 24.0. The predicted octanol–water partition coefficient (Wildman–Crippen LogP) is -5.10. The number of aliphatic hydroxyl groups is 5. The summed E-state index contributed by atoms with van der Waals surface area (Å²) in [5.41, 5.74) is 16.8. The zero-order valence-corrected chi connectivity index (χ0v) is 24.5. The van der Waals surface area contributed by atoms with Gasteiger partial charge in [0.05, 0.1) is 37.4 Å². The van der Waals surface area contributed by atoms with Gasteiger partial charge in [-0.3, -0.25) is 4.79 Å². The number of amides is 1. The van der Waals surface area contributed by atoms with Gasteiger partial charge in [-0.25, -0.2) is 0 Å². The van der Waals surface area contributed by atoms with Crippen molar-refractivity contribution in [1.29, 1.82) is 0 Å². The number of carbonyl (C=O) groups is 1. The lowest BCUT2D eigenvalue weighted by Crippen LogP contribution is -2.69. The van der Waals surface area contributed by atoms with Gasteiger partial charge in [0.15, 0.2) is 12.6 Å². The molecule has 3 fully saturated rings. The van der Waals surface area contributed by atoms with E-state index in [1.807, 2.05) is 0 Å². The van der Waals surface area contributed by atoms with Gasteiger partial charge < -0.3 is 77.6 Å². The van der Waals surface area contributed by atoms with Crippen molar-refractivity contribution in [2.75, 3.05) is 39.9 Å². The second-order valence-electron chi connectivity index (χ2n) is 11.7. The van der Waals surface area contributed by atoms with E-state index in [4.69, 9.17) is 41.3 Å². The molecule has 0 spiro atoms. The third kappa shape index (κ3) is 8.98. The highest BCUT2D eigenvalue weighted by Crippen LogP contribution is 2.32. The van der Waals surface area contributed by atoms with Crippen LogP contribution in [-0.2, 0) is 23.7 Å². The second-order valence-corrected chi connectivity index (χ2v) is 11.7. The minimum atomic E-state index is -1.44. The molecule has 3 aliphatic rings. The van der Waals surface area contributed by atoms with Gasteiger partial charge in [0, 0.05) is 19.1 Å². The highest BCUT2D eigenvalue weighted by atomic mass is 16.7. The SMILES string of the molecule is CN[C@@H]1[C@@H](O)[C@@H](O[C@@H]2[C@@H](O)[C@H](O[C@H]3O[C@H](CNCCO)CC[C@H]3N)[C@@H](N)C[C@H]2NC(=O)[C@@H](O)CCCN)OC[C@]1(C)O. The van der Waals surface area contributed by atoms with Crippen LogP contribution in [0.3, 0.4) is 0 Å². The van der Waals surface area contributed by atoms with Crippen LogP contribution in [0.15, 0.2) is 0 Å². The molecular formula is C26H52N6O10. The molecular weight excluding hydrogens is 556 g/mol. The molecule has 1 saturated carbocycles. The van der Waals surface area contributed by atoms with E-state index in [0.717, 1.165) is 0 Å². The minimum Gasteiger partial charge on any atom is -0.395 e. The summed E-state index contributed by atoms with van der Waals surface area (Å²) in [4.78, 5) is 12.8. The maximum Gasteiger partial charge on any atom is 0.249 e. The maximum atomic E-state index is 12.8. The molecule has 0 unspecified atom stereocenters. The number of carbonyl (C=O) groups excluding carboxylic acids is 1. The fourth-order valence-corrected chi connectivity index (χ4v) is 5.83. The lowest BCUT2D eigenvalue weighted by Gasteiger charge is -2.49. The van der Waals surface area contributed by atoms with Crippen molar-refractivity contribution in [3.8, 4) is 0 Å². The molecule has 0 aromatic heterocycles. The number of likely N-dealkylation sites (N-methyl/N-ethyl adjacent to an activating group) is 1. The average Bonchev–Trinajstić information content (AvgIpc) is 2.94. The number of hydrogen-bond acceptors (Lipinski definition) is 15. The largest absolute Gasteiger partial charge is 0.395 e.